The van der Waals surface area contributed by atoms with Crippen molar-refractivity contribution in [2.45, 2.75) is 6.42 Å². The van der Waals surface area contributed by atoms with E-state index in [9.17, 15) is 9.18 Å². The Balaban J connectivity index is 1.96. The van der Waals surface area contributed by atoms with Crippen LogP contribution in [0, 0.1) is 5.82 Å². The molecule has 5 nitrogen and oxygen atoms in total. The Bertz CT molecular complexity index is 942. The molecule has 0 saturated carbocycles. The van der Waals surface area contributed by atoms with E-state index in [1.807, 2.05) is 18.2 Å². The standard InChI is InChI=1S/C20H22FN3O2S/c1-23(2)11-6-12-24(19(25)15-7-4-5-8-16(15)21)20-22-17-13-14(26-3)9-10-18(17)27-20/h4-5,7-10,13H,6,11-12H2,1-3H3/p+1. The van der Waals surface area contributed by atoms with Crippen LogP contribution in [-0.4, -0.2) is 45.2 Å². The summed E-state index contributed by atoms with van der Waals surface area (Å²) in [6.45, 7) is 1.38. The number of halogens is 1. The van der Waals surface area contributed by atoms with E-state index in [0.29, 0.717) is 17.4 Å². The van der Waals surface area contributed by atoms with Gasteiger partial charge in [-0.1, -0.05) is 23.5 Å². The van der Waals surface area contributed by atoms with Gasteiger partial charge in [-0.25, -0.2) is 9.37 Å². The summed E-state index contributed by atoms with van der Waals surface area (Å²) in [5, 5.41) is 0.570. The molecule has 2 aromatic carbocycles. The van der Waals surface area contributed by atoms with Crippen molar-refractivity contribution in [2.75, 3.05) is 39.2 Å². The number of carbonyl (C=O) groups excluding carboxylic acids is 1. The number of anilines is 1. The smallest absolute Gasteiger partial charge is 0.263 e. The highest BCUT2D eigenvalue weighted by Gasteiger charge is 2.23. The van der Waals surface area contributed by atoms with Crippen LogP contribution in [0.25, 0.3) is 10.2 Å². The van der Waals surface area contributed by atoms with Crippen LogP contribution in [0.5, 0.6) is 5.75 Å². The second kappa shape index (κ2) is 8.45. The number of quaternary nitrogens is 1. The van der Waals surface area contributed by atoms with Gasteiger partial charge < -0.3 is 9.64 Å². The summed E-state index contributed by atoms with van der Waals surface area (Å²) in [6, 6.07) is 11.7. The number of aromatic nitrogens is 1. The monoisotopic (exact) mass is 388 g/mol. The summed E-state index contributed by atoms with van der Waals surface area (Å²) < 4.78 is 20.4. The summed E-state index contributed by atoms with van der Waals surface area (Å²) in [6.07, 6.45) is 0.793. The van der Waals surface area contributed by atoms with Gasteiger partial charge >= 0.3 is 0 Å². The van der Waals surface area contributed by atoms with Gasteiger partial charge in [0.2, 0.25) is 0 Å². The van der Waals surface area contributed by atoms with Gasteiger partial charge in [0.25, 0.3) is 5.91 Å². The zero-order chi connectivity index (χ0) is 19.4. The van der Waals surface area contributed by atoms with Gasteiger partial charge in [0.05, 0.1) is 43.5 Å². The SMILES string of the molecule is COc1ccc2sc(N(CCC[NH+](C)C)C(=O)c3ccccc3F)nc2c1. The Morgan fingerprint density at radius 1 is 1.26 bits per heavy atom. The summed E-state index contributed by atoms with van der Waals surface area (Å²) in [4.78, 5) is 20.5. The molecule has 1 N–H and O–H groups in total. The number of hydrogen-bond donors (Lipinski definition) is 1. The number of rotatable bonds is 7. The fourth-order valence-electron chi connectivity index (χ4n) is 2.79. The van der Waals surface area contributed by atoms with E-state index in [2.05, 4.69) is 19.1 Å². The Hall–Kier alpha value is -2.51. The number of amides is 1. The predicted octanol–water partition coefficient (Wildman–Crippen LogP) is 2.63. The van der Waals surface area contributed by atoms with Crippen LogP contribution in [0.2, 0.25) is 0 Å². The van der Waals surface area contributed by atoms with Gasteiger partial charge in [0, 0.05) is 19.0 Å². The Morgan fingerprint density at radius 3 is 2.74 bits per heavy atom. The maximum Gasteiger partial charge on any atom is 0.263 e. The van der Waals surface area contributed by atoms with Crippen LogP contribution in [0.3, 0.4) is 0 Å². The molecule has 1 aromatic heterocycles. The Labute approximate surface area is 162 Å². The lowest BCUT2D eigenvalue weighted by molar-refractivity contribution is -0.858. The molecule has 1 heterocycles. The molecule has 0 saturated heterocycles. The van der Waals surface area contributed by atoms with E-state index in [1.54, 1.807) is 24.1 Å². The fraction of sp³-hybridized carbons (Fsp3) is 0.300. The first-order valence-corrected chi connectivity index (χ1v) is 9.61. The van der Waals surface area contributed by atoms with Crippen molar-refractivity contribution >= 4 is 32.6 Å². The molecule has 0 fully saturated rings. The molecule has 0 aliphatic rings. The minimum Gasteiger partial charge on any atom is -0.497 e. The van der Waals surface area contributed by atoms with E-state index in [0.717, 1.165) is 23.2 Å². The van der Waals surface area contributed by atoms with Crippen molar-refractivity contribution in [2.24, 2.45) is 0 Å². The molecular formula is C20H23FN3O2S+. The molecule has 1 amide bonds. The number of thiazole rings is 1. The zero-order valence-electron chi connectivity index (χ0n) is 15.7. The van der Waals surface area contributed by atoms with E-state index in [4.69, 9.17) is 4.74 Å². The minimum atomic E-state index is -0.520. The van der Waals surface area contributed by atoms with Crippen molar-refractivity contribution in [1.82, 2.24) is 4.98 Å². The second-order valence-electron chi connectivity index (χ2n) is 6.58. The topological polar surface area (TPSA) is 46.9 Å². The highest BCUT2D eigenvalue weighted by Crippen LogP contribution is 2.32. The number of nitrogens with one attached hydrogen (secondary N) is 1. The molecule has 0 atom stereocenters. The lowest BCUT2D eigenvalue weighted by Crippen LogP contribution is -3.05. The number of hydrogen-bond acceptors (Lipinski definition) is 4. The van der Waals surface area contributed by atoms with Crippen molar-refractivity contribution in [1.29, 1.82) is 0 Å². The third kappa shape index (κ3) is 4.43. The van der Waals surface area contributed by atoms with Gasteiger partial charge in [-0.3, -0.25) is 9.69 Å². The van der Waals surface area contributed by atoms with E-state index in [1.165, 1.54) is 28.4 Å². The van der Waals surface area contributed by atoms with Crippen LogP contribution in [0.4, 0.5) is 9.52 Å². The molecule has 0 unspecified atom stereocenters. The number of carbonyl (C=O) groups is 1. The van der Waals surface area contributed by atoms with Gasteiger partial charge in [0.1, 0.15) is 11.6 Å². The van der Waals surface area contributed by atoms with Crippen molar-refractivity contribution < 1.29 is 18.8 Å². The first kappa shape index (κ1) is 19.3. The molecule has 27 heavy (non-hydrogen) atoms. The average molecular weight is 388 g/mol. The lowest BCUT2D eigenvalue weighted by Gasteiger charge is -2.20. The van der Waals surface area contributed by atoms with Crippen LogP contribution in [0.1, 0.15) is 16.8 Å². The summed E-state index contributed by atoms with van der Waals surface area (Å²) in [5.41, 5.74) is 0.824. The minimum absolute atomic E-state index is 0.0616. The van der Waals surface area contributed by atoms with Crippen molar-refractivity contribution in [3.8, 4) is 5.75 Å². The molecule has 7 heteroatoms. The van der Waals surface area contributed by atoms with Crippen molar-refractivity contribution in [3.05, 3.63) is 53.8 Å². The van der Waals surface area contributed by atoms with Gasteiger partial charge in [-0.15, -0.1) is 0 Å². The number of ether oxygens (including phenoxy) is 1. The summed E-state index contributed by atoms with van der Waals surface area (Å²) >= 11 is 1.42. The first-order valence-electron chi connectivity index (χ1n) is 8.79. The Kier molecular flexibility index (Phi) is 6.03. The van der Waals surface area contributed by atoms with Gasteiger partial charge in [-0.2, -0.15) is 0 Å². The molecule has 0 aliphatic heterocycles. The number of nitrogens with zero attached hydrogens (tertiary/aromatic N) is 2. The van der Waals surface area contributed by atoms with Crippen LogP contribution >= 0.6 is 11.3 Å². The lowest BCUT2D eigenvalue weighted by atomic mass is 10.2. The third-order valence-corrected chi connectivity index (χ3v) is 5.28. The normalized spacial score (nSPS) is 11.1. The van der Waals surface area contributed by atoms with E-state index >= 15 is 0 Å². The van der Waals surface area contributed by atoms with Gasteiger partial charge in [-0.05, 0) is 24.3 Å². The average Bonchev–Trinajstić information content (AvgIpc) is 3.07. The highest BCUT2D eigenvalue weighted by atomic mass is 32.1. The first-order chi connectivity index (χ1) is 13.0. The van der Waals surface area contributed by atoms with Crippen LogP contribution in [-0.2, 0) is 0 Å². The largest absolute Gasteiger partial charge is 0.497 e. The maximum atomic E-state index is 14.2. The molecule has 0 spiro atoms. The zero-order valence-corrected chi connectivity index (χ0v) is 16.5. The van der Waals surface area contributed by atoms with Gasteiger partial charge in [0.15, 0.2) is 5.13 Å². The quantitative estimate of drug-likeness (QED) is 0.677. The third-order valence-electron chi connectivity index (χ3n) is 4.22. The van der Waals surface area contributed by atoms with Crippen LogP contribution < -0.4 is 14.5 Å². The fourth-order valence-corrected chi connectivity index (χ4v) is 3.76. The highest BCUT2D eigenvalue weighted by molar-refractivity contribution is 7.22. The molecule has 3 rings (SSSR count). The summed E-state index contributed by atoms with van der Waals surface area (Å²) in [7, 11) is 5.73. The van der Waals surface area contributed by atoms with E-state index < -0.39 is 5.82 Å². The second-order valence-corrected chi connectivity index (χ2v) is 7.59. The predicted molar refractivity (Wildman–Crippen MR) is 107 cm³/mol. The maximum absolute atomic E-state index is 14.2. The van der Waals surface area contributed by atoms with E-state index in [-0.39, 0.29) is 11.5 Å². The van der Waals surface area contributed by atoms with Crippen molar-refractivity contribution in [3.63, 3.8) is 0 Å². The number of methoxy groups -OCH3 is 1. The molecule has 0 radical (unpaired) electrons. The number of fused-ring (bicyclic) bond motifs is 1. The molecule has 0 bridgehead atoms. The molecular weight excluding hydrogens is 365 g/mol. The van der Waals surface area contributed by atoms with Crippen LogP contribution in [0.15, 0.2) is 42.5 Å². The molecule has 142 valence electrons. The Morgan fingerprint density at radius 2 is 2.04 bits per heavy atom. The molecule has 3 aromatic rings. The summed E-state index contributed by atoms with van der Waals surface area (Å²) in [5.74, 6) is -0.177. The number of benzene rings is 2. The molecule has 0 aliphatic carbocycles.